The molecule has 1 amide bonds. The average Bonchev–Trinajstić information content (AvgIpc) is 3.24. The maximum Gasteiger partial charge on any atom is 0.249 e. The molecule has 1 aromatic rings. The highest BCUT2D eigenvalue weighted by Crippen LogP contribution is 2.34. The topological polar surface area (TPSA) is 41.6 Å². The van der Waals surface area contributed by atoms with E-state index in [0.717, 1.165) is 45.3 Å². The van der Waals surface area contributed by atoms with Crippen LogP contribution in [0.3, 0.4) is 0 Å². The number of benzene rings is 1. The lowest BCUT2D eigenvalue weighted by Gasteiger charge is -2.34. The summed E-state index contributed by atoms with van der Waals surface area (Å²) < 4.78 is 6.07. The van der Waals surface area contributed by atoms with Crippen LogP contribution in [0.25, 0.3) is 0 Å². The van der Waals surface area contributed by atoms with E-state index in [-0.39, 0.29) is 18.1 Å². The van der Waals surface area contributed by atoms with Gasteiger partial charge in [0, 0.05) is 19.1 Å². The summed E-state index contributed by atoms with van der Waals surface area (Å²) in [6.45, 7) is 3.04. The number of hydrogen-bond acceptors (Lipinski definition) is 3. The minimum Gasteiger partial charge on any atom is -0.364 e. The Morgan fingerprint density at radius 2 is 2.05 bits per heavy atom. The molecule has 2 aliphatic heterocycles. The van der Waals surface area contributed by atoms with E-state index in [2.05, 4.69) is 40.5 Å². The summed E-state index contributed by atoms with van der Waals surface area (Å²) >= 11 is 0. The van der Waals surface area contributed by atoms with Crippen molar-refractivity contribution in [1.82, 2.24) is 10.2 Å². The Bertz CT molecular complexity index is 529. The van der Waals surface area contributed by atoms with Crippen LogP contribution in [-0.4, -0.2) is 42.1 Å². The van der Waals surface area contributed by atoms with Gasteiger partial charge in [0.05, 0.1) is 6.10 Å². The van der Waals surface area contributed by atoms with Gasteiger partial charge in [-0.05, 0) is 43.7 Å². The van der Waals surface area contributed by atoms with E-state index in [1.807, 2.05) is 0 Å². The van der Waals surface area contributed by atoms with E-state index in [1.54, 1.807) is 0 Å². The van der Waals surface area contributed by atoms with Gasteiger partial charge in [0.2, 0.25) is 5.91 Å². The molecule has 2 heterocycles. The summed E-state index contributed by atoms with van der Waals surface area (Å²) in [5, 5.41) is 3.08. The van der Waals surface area contributed by atoms with E-state index in [0.29, 0.717) is 12.0 Å². The van der Waals surface area contributed by atoms with Gasteiger partial charge in [0.1, 0.15) is 6.10 Å². The number of likely N-dealkylation sites (tertiary alicyclic amines) is 1. The lowest BCUT2D eigenvalue weighted by Crippen LogP contribution is -2.42. The molecule has 2 saturated heterocycles. The van der Waals surface area contributed by atoms with Crippen molar-refractivity contribution < 1.29 is 9.53 Å². The maximum absolute atomic E-state index is 12.2. The quantitative estimate of drug-likeness (QED) is 0.924. The summed E-state index contributed by atoms with van der Waals surface area (Å²) in [4.78, 5) is 14.6. The number of amides is 1. The molecule has 1 N–H and O–H groups in total. The third-order valence-electron chi connectivity index (χ3n) is 5.10. The fraction of sp³-hybridized carbons (Fsp3) is 0.611. The highest BCUT2D eigenvalue weighted by Gasteiger charge is 2.42. The van der Waals surface area contributed by atoms with Crippen molar-refractivity contribution in [2.75, 3.05) is 13.1 Å². The van der Waals surface area contributed by atoms with Crippen LogP contribution >= 0.6 is 0 Å². The zero-order valence-corrected chi connectivity index (χ0v) is 12.9. The second kappa shape index (κ2) is 6.01. The van der Waals surface area contributed by atoms with Crippen LogP contribution in [0.15, 0.2) is 30.3 Å². The SMILES string of the molecule is O=C(NC1CC1)[C@@H]1C[C@H]2CCN(Cc3ccccc3)C[C@@H]2O1. The Morgan fingerprint density at radius 3 is 2.82 bits per heavy atom. The molecule has 3 fully saturated rings. The first-order valence-corrected chi connectivity index (χ1v) is 8.50. The van der Waals surface area contributed by atoms with Gasteiger partial charge in [-0.15, -0.1) is 0 Å². The van der Waals surface area contributed by atoms with Crippen LogP contribution in [0, 0.1) is 5.92 Å². The summed E-state index contributed by atoms with van der Waals surface area (Å²) in [6.07, 6.45) is 4.33. The van der Waals surface area contributed by atoms with Crippen molar-refractivity contribution in [3.05, 3.63) is 35.9 Å². The Morgan fingerprint density at radius 1 is 1.23 bits per heavy atom. The first-order chi connectivity index (χ1) is 10.8. The van der Waals surface area contributed by atoms with Crippen LogP contribution in [0.1, 0.15) is 31.2 Å². The highest BCUT2D eigenvalue weighted by atomic mass is 16.5. The number of fused-ring (bicyclic) bond motifs is 1. The number of carbonyl (C=O) groups is 1. The van der Waals surface area contributed by atoms with E-state index < -0.39 is 0 Å². The molecule has 0 bridgehead atoms. The average molecular weight is 300 g/mol. The van der Waals surface area contributed by atoms with E-state index in [4.69, 9.17) is 4.74 Å². The molecule has 118 valence electrons. The lowest BCUT2D eigenvalue weighted by molar-refractivity contribution is -0.133. The Hall–Kier alpha value is -1.39. The molecule has 0 unspecified atom stereocenters. The zero-order valence-electron chi connectivity index (χ0n) is 12.9. The van der Waals surface area contributed by atoms with E-state index in [1.165, 1.54) is 5.56 Å². The van der Waals surface area contributed by atoms with Crippen LogP contribution in [0.2, 0.25) is 0 Å². The molecule has 4 nitrogen and oxygen atoms in total. The third kappa shape index (κ3) is 3.18. The number of nitrogens with one attached hydrogen (secondary N) is 1. The fourth-order valence-corrected chi connectivity index (χ4v) is 3.67. The van der Waals surface area contributed by atoms with Gasteiger partial charge in [-0.25, -0.2) is 0 Å². The van der Waals surface area contributed by atoms with Crippen molar-refractivity contribution in [3.8, 4) is 0 Å². The summed E-state index contributed by atoms with van der Waals surface area (Å²) in [7, 11) is 0. The first-order valence-electron chi connectivity index (χ1n) is 8.50. The van der Waals surface area contributed by atoms with Gasteiger partial charge < -0.3 is 10.1 Å². The highest BCUT2D eigenvalue weighted by molar-refractivity contribution is 5.81. The van der Waals surface area contributed by atoms with Crippen molar-refractivity contribution >= 4 is 5.91 Å². The smallest absolute Gasteiger partial charge is 0.249 e. The van der Waals surface area contributed by atoms with Crippen LogP contribution < -0.4 is 5.32 Å². The molecule has 3 aliphatic rings. The molecule has 4 rings (SSSR count). The standard InChI is InChI=1S/C18H24N2O2/c21-18(19-15-6-7-15)16-10-14-8-9-20(12-17(14)22-16)11-13-4-2-1-3-5-13/h1-5,14-17H,6-12H2,(H,19,21)/t14-,16+,17+/m1/s1. The second-order valence-corrected chi connectivity index (χ2v) is 6.95. The Kier molecular flexibility index (Phi) is 3.89. The molecule has 1 aromatic carbocycles. The summed E-state index contributed by atoms with van der Waals surface area (Å²) in [6, 6.07) is 11.0. The molecule has 1 saturated carbocycles. The second-order valence-electron chi connectivity index (χ2n) is 6.95. The Balaban J connectivity index is 1.32. The van der Waals surface area contributed by atoms with Crippen LogP contribution in [0.5, 0.6) is 0 Å². The normalized spacial score (nSPS) is 31.7. The number of nitrogens with zero attached hydrogens (tertiary/aromatic N) is 1. The molecule has 4 heteroatoms. The van der Waals surface area contributed by atoms with Crippen molar-refractivity contribution in [1.29, 1.82) is 0 Å². The van der Waals surface area contributed by atoms with Gasteiger partial charge in [-0.1, -0.05) is 30.3 Å². The van der Waals surface area contributed by atoms with Gasteiger partial charge in [-0.3, -0.25) is 9.69 Å². The molecular formula is C18H24N2O2. The zero-order chi connectivity index (χ0) is 14.9. The van der Waals surface area contributed by atoms with E-state index >= 15 is 0 Å². The molecule has 0 radical (unpaired) electrons. The minimum absolute atomic E-state index is 0.117. The van der Waals surface area contributed by atoms with Crippen LogP contribution in [0.4, 0.5) is 0 Å². The number of piperidine rings is 1. The fourth-order valence-electron chi connectivity index (χ4n) is 3.67. The minimum atomic E-state index is -0.215. The van der Waals surface area contributed by atoms with Crippen LogP contribution in [-0.2, 0) is 16.1 Å². The molecule has 0 aromatic heterocycles. The van der Waals surface area contributed by atoms with Gasteiger partial charge in [-0.2, -0.15) is 0 Å². The molecule has 22 heavy (non-hydrogen) atoms. The largest absolute Gasteiger partial charge is 0.364 e. The maximum atomic E-state index is 12.2. The van der Waals surface area contributed by atoms with E-state index in [9.17, 15) is 4.79 Å². The predicted octanol–water partition coefficient (Wildman–Crippen LogP) is 1.94. The van der Waals surface area contributed by atoms with Crippen molar-refractivity contribution in [2.45, 2.75) is 50.5 Å². The lowest BCUT2D eigenvalue weighted by atomic mass is 9.91. The number of carbonyl (C=O) groups excluding carboxylic acids is 1. The molecule has 1 aliphatic carbocycles. The van der Waals surface area contributed by atoms with Gasteiger partial charge in [0.25, 0.3) is 0 Å². The molecular weight excluding hydrogens is 276 g/mol. The third-order valence-corrected chi connectivity index (χ3v) is 5.10. The van der Waals surface area contributed by atoms with Crippen molar-refractivity contribution in [3.63, 3.8) is 0 Å². The Labute approximate surface area is 131 Å². The predicted molar refractivity (Wildman–Crippen MR) is 84.3 cm³/mol. The summed E-state index contributed by atoms with van der Waals surface area (Å²) in [5.74, 6) is 0.675. The summed E-state index contributed by atoms with van der Waals surface area (Å²) in [5.41, 5.74) is 1.35. The number of rotatable bonds is 4. The molecule has 0 spiro atoms. The molecule has 3 atom stereocenters. The number of hydrogen-bond donors (Lipinski definition) is 1. The monoisotopic (exact) mass is 300 g/mol. The van der Waals surface area contributed by atoms with Crippen molar-refractivity contribution in [2.24, 2.45) is 5.92 Å². The van der Waals surface area contributed by atoms with Gasteiger partial charge in [0.15, 0.2) is 0 Å². The van der Waals surface area contributed by atoms with Gasteiger partial charge >= 0.3 is 0 Å². The first kappa shape index (κ1) is 14.2. The number of ether oxygens (including phenoxy) is 1.